The molecular formula is C14H19N3O4. The van der Waals surface area contributed by atoms with Crippen molar-refractivity contribution in [3.63, 3.8) is 0 Å². The van der Waals surface area contributed by atoms with E-state index in [1.807, 2.05) is 7.05 Å². The number of carboxylic acids is 1. The van der Waals surface area contributed by atoms with Crippen LogP contribution in [0, 0.1) is 0 Å². The summed E-state index contributed by atoms with van der Waals surface area (Å²) in [5.74, 6) is -0.629. The highest BCUT2D eigenvalue weighted by molar-refractivity contribution is 5.89. The van der Waals surface area contributed by atoms with E-state index in [0.29, 0.717) is 24.5 Å². The molecule has 1 saturated heterocycles. The molecule has 1 fully saturated rings. The standard InChI is InChI=1S/C14H19N3O4/c1-16-5-7-17(8-6-16)14(20)15-11-3-2-4-12(9-11)21-10-13(18)19/h2-4,9H,5-8,10H2,1H3,(H,15,20)(H,18,19). The Labute approximate surface area is 123 Å². The number of benzene rings is 1. The van der Waals surface area contributed by atoms with Gasteiger partial charge in [-0.1, -0.05) is 6.07 Å². The summed E-state index contributed by atoms with van der Waals surface area (Å²) in [4.78, 5) is 26.5. The molecule has 114 valence electrons. The molecule has 0 bridgehead atoms. The Balaban J connectivity index is 1.91. The van der Waals surface area contributed by atoms with Gasteiger partial charge >= 0.3 is 12.0 Å². The van der Waals surface area contributed by atoms with E-state index in [1.165, 1.54) is 0 Å². The zero-order chi connectivity index (χ0) is 15.2. The van der Waals surface area contributed by atoms with Gasteiger partial charge in [0.1, 0.15) is 5.75 Å². The Morgan fingerprint density at radius 3 is 2.67 bits per heavy atom. The van der Waals surface area contributed by atoms with Gasteiger partial charge in [-0.15, -0.1) is 0 Å². The number of nitrogens with one attached hydrogen (secondary N) is 1. The molecule has 1 aromatic rings. The number of carboxylic acid groups (broad SMARTS) is 1. The number of hydrogen-bond donors (Lipinski definition) is 2. The van der Waals surface area contributed by atoms with Crippen molar-refractivity contribution < 1.29 is 19.4 Å². The minimum atomic E-state index is -1.04. The number of aliphatic carboxylic acids is 1. The quantitative estimate of drug-likeness (QED) is 0.863. The molecule has 0 aromatic heterocycles. The molecule has 0 radical (unpaired) electrons. The summed E-state index contributed by atoms with van der Waals surface area (Å²) in [5.41, 5.74) is 0.585. The number of urea groups is 1. The van der Waals surface area contributed by atoms with Gasteiger partial charge in [0, 0.05) is 37.9 Å². The highest BCUT2D eigenvalue weighted by Crippen LogP contribution is 2.18. The van der Waals surface area contributed by atoms with Crippen LogP contribution in [0.1, 0.15) is 0 Å². The van der Waals surface area contributed by atoms with Crippen LogP contribution in [-0.4, -0.2) is 66.7 Å². The average Bonchev–Trinajstić information content (AvgIpc) is 2.46. The zero-order valence-corrected chi connectivity index (χ0v) is 11.9. The lowest BCUT2D eigenvalue weighted by Crippen LogP contribution is -2.48. The SMILES string of the molecule is CN1CCN(C(=O)Nc2cccc(OCC(=O)O)c2)CC1. The van der Waals surface area contributed by atoms with Gasteiger partial charge in [0.15, 0.2) is 6.61 Å². The maximum atomic E-state index is 12.1. The highest BCUT2D eigenvalue weighted by atomic mass is 16.5. The molecule has 1 aliphatic heterocycles. The van der Waals surface area contributed by atoms with E-state index >= 15 is 0 Å². The first-order chi connectivity index (χ1) is 10.0. The number of ether oxygens (including phenoxy) is 1. The van der Waals surface area contributed by atoms with Crippen molar-refractivity contribution in [3.05, 3.63) is 24.3 Å². The molecule has 1 aliphatic rings. The lowest BCUT2D eigenvalue weighted by molar-refractivity contribution is -0.139. The van der Waals surface area contributed by atoms with Crippen molar-refractivity contribution in [2.45, 2.75) is 0 Å². The van der Waals surface area contributed by atoms with Crippen molar-refractivity contribution in [2.24, 2.45) is 0 Å². The second-order valence-corrected chi connectivity index (χ2v) is 4.93. The second-order valence-electron chi connectivity index (χ2n) is 4.93. The Kier molecular flexibility index (Phi) is 4.99. The van der Waals surface area contributed by atoms with Crippen LogP contribution in [0.3, 0.4) is 0 Å². The predicted molar refractivity (Wildman–Crippen MR) is 77.7 cm³/mol. The summed E-state index contributed by atoms with van der Waals surface area (Å²) in [5, 5.41) is 11.4. The van der Waals surface area contributed by atoms with Crippen molar-refractivity contribution >= 4 is 17.7 Å². The van der Waals surface area contributed by atoms with E-state index in [9.17, 15) is 9.59 Å². The monoisotopic (exact) mass is 293 g/mol. The lowest BCUT2D eigenvalue weighted by Gasteiger charge is -2.32. The minimum absolute atomic E-state index is 0.154. The molecule has 21 heavy (non-hydrogen) atoms. The normalized spacial score (nSPS) is 15.6. The zero-order valence-electron chi connectivity index (χ0n) is 11.9. The fourth-order valence-electron chi connectivity index (χ4n) is 2.02. The van der Waals surface area contributed by atoms with E-state index in [-0.39, 0.29) is 6.03 Å². The number of amides is 2. The number of rotatable bonds is 4. The van der Waals surface area contributed by atoms with Crippen molar-refractivity contribution in [3.8, 4) is 5.75 Å². The molecular weight excluding hydrogens is 274 g/mol. The molecule has 0 spiro atoms. The second kappa shape index (κ2) is 6.94. The number of nitrogens with zero attached hydrogens (tertiary/aromatic N) is 2. The van der Waals surface area contributed by atoms with Crippen molar-refractivity contribution in [1.29, 1.82) is 0 Å². The molecule has 7 heteroatoms. The Morgan fingerprint density at radius 2 is 2.00 bits per heavy atom. The Bertz CT molecular complexity index is 513. The number of likely N-dealkylation sites (N-methyl/N-ethyl adjacent to an activating group) is 1. The van der Waals surface area contributed by atoms with Crippen LogP contribution < -0.4 is 10.1 Å². The van der Waals surface area contributed by atoms with Gasteiger partial charge in [-0.25, -0.2) is 9.59 Å². The van der Waals surface area contributed by atoms with Crippen LogP contribution in [0.2, 0.25) is 0 Å². The maximum Gasteiger partial charge on any atom is 0.341 e. The van der Waals surface area contributed by atoms with Crippen LogP contribution in [0.4, 0.5) is 10.5 Å². The number of carbonyl (C=O) groups excluding carboxylic acids is 1. The van der Waals surface area contributed by atoms with Gasteiger partial charge in [0.2, 0.25) is 0 Å². The number of piperazine rings is 1. The first kappa shape index (κ1) is 15.1. The van der Waals surface area contributed by atoms with E-state index < -0.39 is 12.6 Å². The van der Waals surface area contributed by atoms with Gasteiger partial charge < -0.3 is 25.0 Å². The van der Waals surface area contributed by atoms with Crippen LogP contribution in [0.25, 0.3) is 0 Å². The molecule has 1 aromatic carbocycles. The first-order valence-electron chi connectivity index (χ1n) is 6.74. The summed E-state index contributed by atoms with van der Waals surface area (Å²) in [7, 11) is 2.03. The molecule has 0 saturated carbocycles. The smallest absolute Gasteiger partial charge is 0.341 e. The molecule has 2 N–H and O–H groups in total. The van der Waals surface area contributed by atoms with Crippen LogP contribution in [-0.2, 0) is 4.79 Å². The van der Waals surface area contributed by atoms with E-state index in [1.54, 1.807) is 29.2 Å². The van der Waals surface area contributed by atoms with Gasteiger partial charge in [-0.05, 0) is 19.2 Å². The molecule has 7 nitrogen and oxygen atoms in total. The lowest BCUT2D eigenvalue weighted by atomic mass is 10.3. The predicted octanol–water partition coefficient (Wildman–Crippen LogP) is 0.929. The van der Waals surface area contributed by atoms with Gasteiger partial charge in [0.05, 0.1) is 0 Å². The summed E-state index contributed by atoms with van der Waals surface area (Å²) in [6.45, 7) is 2.69. The summed E-state index contributed by atoms with van der Waals surface area (Å²) < 4.78 is 5.08. The van der Waals surface area contributed by atoms with E-state index in [2.05, 4.69) is 10.2 Å². The van der Waals surface area contributed by atoms with Crippen LogP contribution >= 0.6 is 0 Å². The Hall–Kier alpha value is -2.28. The number of carbonyl (C=O) groups is 2. The minimum Gasteiger partial charge on any atom is -0.482 e. The number of hydrogen-bond acceptors (Lipinski definition) is 4. The first-order valence-corrected chi connectivity index (χ1v) is 6.74. The molecule has 0 aliphatic carbocycles. The largest absolute Gasteiger partial charge is 0.482 e. The van der Waals surface area contributed by atoms with Gasteiger partial charge in [-0.2, -0.15) is 0 Å². The third-order valence-corrected chi connectivity index (χ3v) is 3.24. The van der Waals surface area contributed by atoms with Crippen LogP contribution in [0.5, 0.6) is 5.75 Å². The van der Waals surface area contributed by atoms with E-state index in [4.69, 9.17) is 9.84 Å². The maximum absolute atomic E-state index is 12.1. The summed E-state index contributed by atoms with van der Waals surface area (Å²) >= 11 is 0. The molecule has 0 atom stereocenters. The molecule has 1 heterocycles. The summed E-state index contributed by atoms with van der Waals surface area (Å²) in [6, 6.07) is 6.54. The van der Waals surface area contributed by atoms with Crippen molar-refractivity contribution in [1.82, 2.24) is 9.80 Å². The van der Waals surface area contributed by atoms with Gasteiger partial charge in [-0.3, -0.25) is 0 Å². The van der Waals surface area contributed by atoms with Crippen LogP contribution in [0.15, 0.2) is 24.3 Å². The molecule has 0 unspecified atom stereocenters. The topological polar surface area (TPSA) is 82.1 Å². The van der Waals surface area contributed by atoms with E-state index in [0.717, 1.165) is 13.1 Å². The number of anilines is 1. The fourth-order valence-corrected chi connectivity index (χ4v) is 2.02. The van der Waals surface area contributed by atoms with Crippen molar-refractivity contribution in [2.75, 3.05) is 45.2 Å². The third kappa shape index (κ3) is 4.64. The fraction of sp³-hybridized carbons (Fsp3) is 0.429. The summed E-state index contributed by atoms with van der Waals surface area (Å²) in [6.07, 6.45) is 0. The average molecular weight is 293 g/mol. The highest BCUT2D eigenvalue weighted by Gasteiger charge is 2.18. The molecule has 2 amide bonds. The Morgan fingerprint density at radius 1 is 1.29 bits per heavy atom. The van der Waals surface area contributed by atoms with Gasteiger partial charge in [0.25, 0.3) is 0 Å². The molecule has 2 rings (SSSR count). The third-order valence-electron chi connectivity index (χ3n) is 3.24.